The van der Waals surface area contributed by atoms with Crippen molar-refractivity contribution in [2.45, 2.75) is 135 Å². The van der Waals surface area contributed by atoms with Crippen LogP contribution in [0.3, 0.4) is 0 Å². The van der Waals surface area contributed by atoms with E-state index in [0.29, 0.717) is 10.9 Å². The summed E-state index contributed by atoms with van der Waals surface area (Å²) < 4.78 is 0.622. The highest BCUT2D eigenvalue weighted by Gasteiger charge is 1.96. The Bertz CT molecular complexity index is 313. The van der Waals surface area contributed by atoms with E-state index in [0.717, 1.165) is 13.0 Å². The van der Waals surface area contributed by atoms with Gasteiger partial charge in [0.2, 0.25) is 0 Å². The Morgan fingerprint density at radius 3 is 1.00 bits per heavy atom. The first-order chi connectivity index (χ1) is 13.8. The van der Waals surface area contributed by atoms with Gasteiger partial charge in [0.25, 0.3) is 0 Å². The van der Waals surface area contributed by atoms with Crippen molar-refractivity contribution in [2.24, 2.45) is 0 Å². The van der Waals surface area contributed by atoms with Crippen molar-refractivity contribution in [2.75, 3.05) is 13.2 Å². The van der Waals surface area contributed by atoms with Gasteiger partial charge >= 0.3 is 0 Å². The van der Waals surface area contributed by atoms with Crippen LogP contribution in [0.15, 0.2) is 0 Å². The van der Waals surface area contributed by atoms with Crippen LogP contribution < -0.4 is 5.32 Å². The lowest BCUT2D eigenvalue weighted by atomic mass is 10.0. The van der Waals surface area contributed by atoms with E-state index in [1.807, 2.05) is 0 Å². The van der Waals surface area contributed by atoms with Gasteiger partial charge in [-0.05, 0) is 12.8 Å². The SMILES string of the molecule is OCCCCCCCCCCCCCCCCCCCCCCCNC(=S)S. The normalized spacial score (nSPS) is 11.1. The Kier molecular flexibility index (Phi) is 25.4. The largest absolute Gasteiger partial charge is 0.396 e. The minimum atomic E-state index is 0.367. The van der Waals surface area contributed by atoms with Crippen LogP contribution in [-0.2, 0) is 0 Å². The van der Waals surface area contributed by atoms with Gasteiger partial charge in [-0.2, -0.15) is 0 Å². The number of aliphatic hydroxyl groups excluding tert-OH is 1. The van der Waals surface area contributed by atoms with Crippen molar-refractivity contribution < 1.29 is 5.11 Å². The Morgan fingerprint density at radius 2 is 0.750 bits per heavy atom. The number of nitrogens with one attached hydrogen (secondary N) is 1. The van der Waals surface area contributed by atoms with E-state index in [2.05, 4.69) is 17.9 Å². The second-order valence-electron chi connectivity index (χ2n) is 8.38. The van der Waals surface area contributed by atoms with Crippen LogP contribution in [0.1, 0.15) is 135 Å². The molecule has 168 valence electrons. The van der Waals surface area contributed by atoms with Crippen LogP contribution in [0.25, 0.3) is 0 Å². The summed E-state index contributed by atoms with van der Waals surface area (Å²) in [6.45, 7) is 1.35. The van der Waals surface area contributed by atoms with Gasteiger partial charge in [0, 0.05) is 13.2 Å². The molecule has 0 spiro atoms. The molecule has 0 unspecified atom stereocenters. The molecule has 0 saturated heterocycles. The number of thiol groups is 1. The van der Waals surface area contributed by atoms with Crippen molar-refractivity contribution in [3.63, 3.8) is 0 Å². The molecule has 0 heterocycles. The standard InChI is InChI=1S/C24H49NOS2/c26-23-21-19-17-15-13-11-9-7-5-3-1-2-4-6-8-10-12-14-16-18-20-22-25-24(27)28/h26H,1-23H2,(H2,25,27,28). The summed E-state index contributed by atoms with van der Waals surface area (Å²) in [6.07, 6.45) is 28.8. The van der Waals surface area contributed by atoms with Gasteiger partial charge in [-0.25, -0.2) is 0 Å². The zero-order chi connectivity index (χ0) is 20.5. The van der Waals surface area contributed by atoms with Crippen LogP contribution >= 0.6 is 24.8 Å². The Labute approximate surface area is 187 Å². The molecule has 0 aliphatic carbocycles. The Balaban J connectivity index is 2.99. The molecule has 2 nitrogen and oxygen atoms in total. The summed E-state index contributed by atoms with van der Waals surface area (Å²) in [5.74, 6) is 0. The number of aliphatic hydroxyl groups is 1. The third kappa shape index (κ3) is 26.2. The summed E-state index contributed by atoms with van der Waals surface area (Å²) >= 11 is 8.94. The lowest BCUT2D eigenvalue weighted by Gasteiger charge is -2.04. The van der Waals surface area contributed by atoms with E-state index >= 15 is 0 Å². The third-order valence-corrected chi connectivity index (χ3v) is 5.91. The van der Waals surface area contributed by atoms with Crippen LogP contribution in [0.2, 0.25) is 0 Å². The van der Waals surface area contributed by atoms with Gasteiger partial charge in [0.05, 0.1) is 0 Å². The lowest BCUT2D eigenvalue weighted by molar-refractivity contribution is 0.282. The number of hydrogen-bond donors (Lipinski definition) is 3. The molecule has 0 amide bonds. The first-order valence-corrected chi connectivity index (χ1v) is 13.2. The van der Waals surface area contributed by atoms with E-state index in [9.17, 15) is 0 Å². The maximum Gasteiger partial charge on any atom is 0.130 e. The highest BCUT2D eigenvalue weighted by Crippen LogP contribution is 2.15. The molecule has 0 fully saturated rings. The van der Waals surface area contributed by atoms with E-state index < -0.39 is 0 Å². The van der Waals surface area contributed by atoms with E-state index in [1.165, 1.54) is 128 Å². The van der Waals surface area contributed by atoms with Gasteiger partial charge in [0.15, 0.2) is 0 Å². The molecule has 0 radical (unpaired) electrons. The molecule has 0 atom stereocenters. The van der Waals surface area contributed by atoms with Crippen molar-refractivity contribution >= 4 is 29.2 Å². The van der Waals surface area contributed by atoms with Crippen molar-refractivity contribution in [1.82, 2.24) is 5.32 Å². The van der Waals surface area contributed by atoms with Crippen molar-refractivity contribution in [3.8, 4) is 0 Å². The average Bonchev–Trinajstić information content (AvgIpc) is 2.68. The summed E-state index contributed by atoms with van der Waals surface area (Å²) in [5, 5.41) is 11.8. The highest BCUT2D eigenvalue weighted by molar-refractivity contribution is 8.11. The molecular formula is C24H49NOS2. The predicted molar refractivity (Wildman–Crippen MR) is 134 cm³/mol. The minimum absolute atomic E-state index is 0.367. The number of hydrogen-bond acceptors (Lipinski definition) is 2. The van der Waals surface area contributed by atoms with Crippen LogP contribution in [0.5, 0.6) is 0 Å². The van der Waals surface area contributed by atoms with Crippen molar-refractivity contribution in [1.29, 1.82) is 0 Å². The molecule has 0 saturated carbocycles. The molecule has 0 aromatic heterocycles. The smallest absolute Gasteiger partial charge is 0.130 e. The maximum absolute atomic E-state index is 8.74. The number of unbranched alkanes of at least 4 members (excludes halogenated alkanes) is 20. The second-order valence-corrected chi connectivity index (χ2v) is 9.54. The lowest BCUT2D eigenvalue weighted by Crippen LogP contribution is -2.17. The third-order valence-electron chi connectivity index (χ3n) is 5.61. The van der Waals surface area contributed by atoms with E-state index in [-0.39, 0.29) is 0 Å². The second kappa shape index (κ2) is 25.2. The van der Waals surface area contributed by atoms with Gasteiger partial charge in [-0.3, -0.25) is 0 Å². The summed E-state index contributed by atoms with van der Waals surface area (Å²) in [4.78, 5) is 0. The topological polar surface area (TPSA) is 32.3 Å². The van der Waals surface area contributed by atoms with Gasteiger partial charge in [-0.1, -0.05) is 134 Å². The predicted octanol–water partition coefficient (Wildman–Crippen LogP) is 7.98. The first-order valence-electron chi connectivity index (χ1n) is 12.3. The fourth-order valence-electron chi connectivity index (χ4n) is 3.79. The van der Waals surface area contributed by atoms with Gasteiger partial charge < -0.3 is 10.4 Å². The molecular weight excluding hydrogens is 382 g/mol. The van der Waals surface area contributed by atoms with Crippen LogP contribution in [0.4, 0.5) is 0 Å². The minimum Gasteiger partial charge on any atom is -0.396 e. The fraction of sp³-hybridized carbons (Fsp3) is 0.958. The molecule has 2 N–H and O–H groups in total. The Morgan fingerprint density at radius 1 is 0.500 bits per heavy atom. The van der Waals surface area contributed by atoms with Crippen molar-refractivity contribution in [3.05, 3.63) is 0 Å². The zero-order valence-electron chi connectivity index (χ0n) is 18.6. The number of rotatable bonds is 23. The zero-order valence-corrected chi connectivity index (χ0v) is 20.3. The monoisotopic (exact) mass is 431 g/mol. The molecule has 0 aliphatic heterocycles. The summed E-state index contributed by atoms with van der Waals surface area (Å²) in [6, 6.07) is 0. The molecule has 4 heteroatoms. The van der Waals surface area contributed by atoms with Crippen LogP contribution in [0, 0.1) is 0 Å². The molecule has 0 aliphatic rings. The molecule has 0 aromatic carbocycles. The maximum atomic E-state index is 8.74. The van der Waals surface area contributed by atoms with E-state index in [1.54, 1.807) is 0 Å². The highest BCUT2D eigenvalue weighted by atomic mass is 32.1. The summed E-state index contributed by atoms with van der Waals surface area (Å²) in [7, 11) is 0. The number of thiocarbonyl (C=S) groups is 1. The Hall–Kier alpha value is 0.200. The molecule has 0 bridgehead atoms. The fourth-order valence-corrected chi connectivity index (χ4v) is 4.00. The molecule has 0 aromatic rings. The van der Waals surface area contributed by atoms with Gasteiger partial charge in [-0.15, -0.1) is 12.6 Å². The molecule has 28 heavy (non-hydrogen) atoms. The summed E-state index contributed by atoms with van der Waals surface area (Å²) in [5.41, 5.74) is 0. The quantitative estimate of drug-likeness (QED) is 0.0871. The first kappa shape index (κ1) is 28.2. The van der Waals surface area contributed by atoms with Crippen LogP contribution in [-0.4, -0.2) is 22.6 Å². The van der Waals surface area contributed by atoms with Gasteiger partial charge in [0.1, 0.15) is 4.32 Å². The average molecular weight is 432 g/mol. The van der Waals surface area contributed by atoms with E-state index in [4.69, 9.17) is 17.3 Å². The molecule has 0 rings (SSSR count).